The number of aliphatic carboxylic acids is 1. The van der Waals surface area contributed by atoms with Crippen molar-refractivity contribution in [2.45, 2.75) is 59.3 Å². The van der Waals surface area contributed by atoms with E-state index < -0.39 is 23.8 Å². The highest BCUT2D eigenvalue weighted by Gasteiger charge is 2.38. The van der Waals surface area contributed by atoms with Crippen LogP contribution < -0.4 is 5.32 Å². The zero-order chi connectivity index (χ0) is 21.3. The standard InChI is InChI=1S/C22H29NO5S/c1-5-13-6-7-14-17(10-13)29-20(18(14)22(27)28-4)23-19(24)15-8-11(2)12(3)9-16(15)21(25)26/h13,15-16H,5-10H2,1-4H3,(H,23,24)(H,25,26)/t13-,15-,16-/m1/s1. The highest BCUT2D eigenvalue weighted by Crippen LogP contribution is 2.42. The van der Waals surface area contributed by atoms with Crippen LogP contribution in [0.5, 0.6) is 0 Å². The van der Waals surface area contributed by atoms with Gasteiger partial charge in [-0.25, -0.2) is 4.79 Å². The molecule has 1 aromatic heterocycles. The van der Waals surface area contributed by atoms with Gasteiger partial charge in [-0.3, -0.25) is 9.59 Å². The second-order valence-corrected chi connectivity index (χ2v) is 9.33. The number of methoxy groups -OCH3 is 1. The number of fused-ring (bicyclic) bond motifs is 1. The lowest BCUT2D eigenvalue weighted by Gasteiger charge is -2.29. The first-order valence-corrected chi connectivity index (χ1v) is 11.0. The first-order valence-electron chi connectivity index (χ1n) is 10.2. The lowest BCUT2D eigenvalue weighted by molar-refractivity contribution is -0.146. The van der Waals surface area contributed by atoms with E-state index in [0.29, 0.717) is 29.3 Å². The summed E-state index contributed by atoms with van der Waals surface area (Å²) in [5, 5.41) is 13.0. The van der Waals surface area contributed by atoms with E-state index in [2.05, 4.69) is 12.2 Å². The van der Waals surface area contributed by atoms with Crippen LogP contribution in [0.15, 0.2) is 11.1 Å². The molecule has 0 aliphatic heterocycles. The molecule has 0 bridgehead atoms. The van der Waals surface area contributed by atoms with Crippen LogP contribution in [0.25, 0.3) is 0 Å². The minimum absolute atomic E-state index is 0.333. The second kappa shape index (κ2) is 8.69. The number of carbonyl (C=O) groups is 3. The number of anilines is 1. The summed E-state index contributed by atoms with van der Waals surface area (Å²) in [5.74, 6) is -2.55. The second-order valence-electron chi connectivity index (χ2n) is 8.23. The molecule has 2 aliphatic carbocycles. The molecule has 0 aromatic carbocycles. The van der Waals surface area contributed by atoms with Crippen LogP contribution in [-0.4, -0.2) is 30.1 Å². The number of carboxylic acid groups (broad SMARTS) is 1. The largest absolute Gasteiger partial charge is 0.481 e. The number of hydrogen-bond donors (Lipinski definition) is 2. The first kappa shape index (κ1) is 21.6. The Labute approximate surface area is 175 Å². The summed E-state index contributed by atoms with van der Waals surface area (Å²) < 4.78 is 4.99. The van der Waals surface area contributed by atoms with Crippen LogP contribution in [-0.2, 0) is 27.2 Å². The third-order valence-corrected chi connectivity index (χ3v) is 7.66. The van der Waals surface area contributed by atoms with Gasteiger partial charge in [-0.2, -0.15) is 0 Å². The van der Waals surface area contributed by atoms with Crippen molar-refractivity contribution in [1.29, 1.82) is 0 Å². The van der Waals surface area contributed by atoms with Crippen molar-refractivity contribution in [3.63, 3.8) is 0 Å². The molecule has 2 N–H and O–H groups in total. The molecule has 0 fully saturated rings. The SMILES string of the molecule is CC[C@@H]1CCc2c(sc(NC(=O)[C@@H]3CC(C)=C(C)C[C@H]3C(=O)O)c2C(=O)OC)C1. The number of allylic oxidation sites excluding steroid dienone is 2. The summed E-state index contributed by atoms with van der Waals surface area (Å²) in [6, 6.07) is 0. The van der Waals surface area contributed by atoms with E-state index in [1.165, 1.54) is 18.4 Å². The van der Waals surface area contributed by atoms with E-state index in [1.54, 1.807) is 0 Å². The minimum atomic E-state index is -0.957. The van der Waals surface area contributed by atoms with Crippen molar-refractivity contribution in [2.24, 2.45) is 17.8 Å². The number of carboxylic acids is 1. The molecule has 0 radical (unpaired) electrons. The van der Waals surface area contributed by atoms with Gasteiger partial charge in [0, 0.05) is 4.88 Å². The average Bonchev–Trinajstić information content (AvgIpc) is 3.05. The molecule has 0 saturated carbocycles. The van der Waals surface area contributed by atoms with Gasteiger partial charge in [0.1, 0.15) is 5.00 Å². The van der Waals surface area contributed by atoms with Crippen LogP contribution in [0, 0.1) is 17.8 Å². The lowest BCUT2D eigenvalue weighted by atomic mass is 9.76. The maximum atomic E-state index is 13.1. The van der Waals surface area contributed by atoms with Crippen LogP contribution in [0.3, 0.4) is 0 Å². The van der Waals surface area contributed by atoms with Crippen LogP contribution in [0.2, 0.25) is 0 Å². The Morgan fingerprint density at radius 1 is 1.14 bits per heavy atom. The minimum Gasteiger partial charge on any atom is -0.481 e. The molecule has 1 aromatic rings. The molecule has 158 valence electrons. The van der Waals surface area contributed by atoms with Crippen molar-refractivity contribution in [3.8, 4) is 0 Å². The third kappa shape index (κ3) is 4.25. The predicted molar refractivity (Wildman–Crippen MR) is 112 cm³/mol. The summed E-state index contributed by atoms with van der Waals surface area (Å²) >= 11 is 1.44. The molecule has 6 nitrogen and oxygen atoms in total. The average molecular weight is 420 g/mol. The maximum Gasteiger partial charge on any atom is 0.341 e. The molecule has 2 aliphatic rings. The fourth-order valence-electron chi connectivity index (χ4n) is 4.44. The van der Waals surface area contributed by atoms with Gasteiger partial charge in [0.05, 0.1) is 24.5 Å². The highest BCUT2D eigenvalue weighted by molar-refractivity contribution is 7.17. The number of rotatable bonds is 5. The summed E-state index contributed by atoms with van der Waals surface area (Å²) in [6.45, 7) is 6.04. The fraction of sp³-hybridized carbons (Fsp3) is 0.591. The Bertz CT molecular complexity index is 869. The van der Waals surface area contributed by atoms with Gasteiger partial charge >= 0.3 is 11.9 Å². The van der Waals surface area contributed by atoms with E-state index in [1.807, 2.05) is 13.8 Å². The number of hydrogen-bond acceptors (Lipinski definition) is 5. The Morgan fingerprint density at radius 3 is 2.38 bits per heavy atom. The molecule has 0 saturated heterocycles. The van der Waals surface area contributed by atoms with E-state index in [-0.39, 0.29) is 5.91 Å². The molecular formula is C22H29NO5S. The zero-order valence-electron chi connectivity index (χ0n) is 17.5. The summed E-state index contributed by atoms with van der Waals surface area (Å²) in [5.41, 5.74) is 3.52. The molecular weight excluding hydrogens is 390 g/mol. The molecule has 0 unspecified atom stereocenters. The molecule has 1 amide bonds. The van der Waals surface area contributed by atoms with Gasteiger partial charge in [0.25, 0.3) is 0 Å². The molecule has 7 heteroatoms. The molecule has 29 heavy (non-hydrogen) atoms. The van der Waals surface area contributed by atoms with Gasteiger partial charge in [0.15, 0.2) is 0 Å². The molecule has 1 heterocycles. The van der Waals surface area contributed by atoms with Gasteiger partial charge in [0.2, 0.25) is 5.91 Å². The quantitative estimate of drug-likeness (QED) is 0.544. The van der Waals surface area contributed by atoms with Crippen LogP contribution in [0.1, 0.15) is 67.3 Å². The Morgan fingerprint density at radius 2 is 1.79 bits per heavy atom. The normalized spacial score (nSPS) is 24.1. The van der Waals surface area contributed by atoms with Crippen molar-refractivity contribution in [1.82, 2.24) is 0 Å². The molecule has 3 atom stereocenters. The van der Waals surface area contributed by atoms with Gasteiger partial charge in [-0.15, -0.1) is 11.3 Å². The predicted octanol–water partition coefficient (Wildman–Crippen LogP) is 4.44. The highest BCUT2D eigenvalue weighted by atomic mass is 32.1. The van der Waals surface area contributed by atoms with E-state index >= 15 is 0 Å². The number of thiophene rings is 1. The fourth-order valence-corrected chi connectivity index (χ4v) is 5.79. The van der Waals surface area contributed by atoms with Gasteiger partial charge in [-0.05, 0) is 57.4 Å². The van der Waals surface area contributed by atoms with Gasteiger partial charge in [-0.1, -0.05) is 24.5 Å². The summed E-state index contributed by atoms with van der Waals surface area (Å²) in [4.78, 5) is 38.4. The smallest absolute Gasteiger partial charge is 0.341 e. The van der Waals surface area contributed by atoms with E-state index in [0.717, 1.165) is 47.3 Å². The number of esters is 1. The van der Waals surface area contributed by atoms with E-state index in [9.17, 15) is 19.5 Å². The van der Waals surface area contributed by atoms with Crippen molar-refractivity contribution in [2.75, 3.05) is 12.4 Å². The maximum absolute atomic E-state index is 13.1. The zero-order valence-corrected chi connectivity index (χ0v) is 18.3. The number of carbonyl (C=O) groups excluding carboxylic acids is 2. The third-order valence-electron chi connectivity index (χ3n) is 6.49. The Balaban J connectivity index is 1.91. The number of ether oxygens (including phenoxy) is 1. The number of nitrogens with one attached hydrogen (secondary N) is 1. The van der Waals surface area contributed by atoms with Gasteiger partial charge < -0.3 is 15.2 Å². The number of amides is 1. The monoisotopic (exact) mass is 419 g/mol. The Hall–Kier alpha value is -2.15. The first-order chi connectivity index (χ1) is 13.8. The summed E-state index contributed by atoms with van der Waals surface area (Å²) in [6.07, 6.45) is 4.60. The van der Waals surface area contributed by atoms with Crippen LogP contribution >= 0.6 is 11.3 Å². The lowest BCUT2D eigenvalue weighted by Crippen LogP contribution is -2.36. The summed E-state index contributed by atoms with van der Waals surface area (Å²) in [7, 11) is 1.34. The van der Waals surface area contributed by atoms with Crippen molar-refractivity contribution >= 4 is 34.2 Å². The van der Waals surface area contributed by atoms with E-state index in [4.69, 9.17) is 4.74 Å². The Kier molecular flexibility index (Phi) is 6.46. The topological polar surface area (TPSA) is 92.7 Å². The molecule has 0 spiro atoms. The molecule has 3 rings (SSSR count). The van der Waals surface area contributed by atoms with Crippen molar-refractivity contribution < 1.29 is 24.2 Å². The van der Waals surface area contributed by atoms with Crippen molar-refractivity contribution in [3.05, 3.63) is 27.2 Å². The van der Waals surface area contributed by atoms with Crippen LogP contribution in [0.4, 0.5) is 5.00 Å².